The van der Waals surface area contributed by atoms with E-state index in [1.54, 1.807) is 0 Å². The standard InChI is InChI=1S/C16H32N2/c1-12-7-13(10-18(12)6)17-14-8-15(2,3)11-16(4,5)9-14/h12-14,17H,7-11H2,1-6H3. The Morgan fingerprint density at radius 3 is 2.00 bits per heavy atom. The van der Waals surface area contributed by atoms with Crippen LogP contribution in [-0.2, 0) is 0 Å². The van der Waals surface area contributed by atoms with Crippen LogP contribution < -0.4 is 5.32 Å². The van der Waals surface area contributed by atoms with Crippen LogP contribution in [0.3, 0.4) is 0 Å². The fraction of sp³-hybridized carbons (Fsp3) is 1.00. The molecule has 2 aliphatic rings. The Morgan fingerprint density at radius 1 is 1.00 bits per heavy atom. The molecule has 1 saturated carbocycles. The maximum Gasteiger partial charge on any atom is 0.0212 e. The molecule has 0 aromatic carbocycles. The molecule has 2 unspecified atom stereocenters. The predicted octanol–water partition coefficient (Wildman–Crippen LogP) is 3.27. The van der Waals surface area contributed by atoms with Crippen molar-refractivity contribution in [1.29, 1.82) is 0 Å². The van der Waals surface area contributed by atoms with Gasteiger partial charge >= 0.3 is 0 Å². The molecule has 2 fully saturated rings. The van der Waals surface area contributed by atoms with Crippen molar-refractivity contribution in [3.05, 3.63) is 0 Å². The molecule has 2 nitrogen and oxygen atoms in total. The average molecular weight is 252 g/mol. The van der Waals surface area contributed by atoms with E-state index in [1.807, 2.05) is 0 Å². The van der Waals surface area contributed by atoms with Gasteiger partial charge in [0.1, 0.15) is 0 Å². The smallest absolute Gasteiger partial charge is 0.0212 e. The summed E-state index contributed by atoms with van der Waals surface area (Å²) in [7, 11) is 2.25. The molecule has 2 atom stereocenters. The first-order valence-corrected chi connectivity index (χ1v) is 7.63. The Bertz CT molecular complexity index is 269. The Labute approximate surface area is 114 Å². The van der Waals surface area contributed by atoms with Crippen LogP contribution in [0.4, 0.5) is 0 Å². The molecule has 1 aliphatic carbocycles. The fourth-order valence-corrected chi connectivity index (χ4v) is 4.61. The minimum atomic E-state index is 0.496. The highest BCUT2D eigenvalue weighted by molar-refractivity contribution is 4.95. The molecule has 0 aromatic rings. The molecule has 1 aliphatic heterocycles. The second-order valence-corrected chi connectivity index (χ2v) is 8.50. The van der Waals surface area contributed by atoms with Crippen molar-refractivity contribution < 1.29 is 0 Å². The van der Waals surface area contributed by atoms with E-state index in [4.69, 9.17) is 0 Å². The van der Waals surface area contributed by atoms with Gasteiger partial charge in [-0.3, -0.25) is 0 Å². The van der Waals surface area contributed by atoms with E-state index >= 15 is 0 Å². The van der Waals surface area contributed by atoms with Gasteiger partial charge in [0, 0.05) is 24.7 Å². The maximum absolute atomic E-state index is 3.95. The van der Waals surface area contributed by atoms with Crippen LogP contribution in [0.1, 0.15) is 60.3 Å². The number of nitrogens with zero attached hydrogens (tertiary/aromatic N) is 1. The van der Waals surface area contributed by atoms with Gasteiger partial charge in [-0.25, -0.2) is 0 Å². The van der Waals surface area contributed by atoms with E-state index in [9.17, 15) is 0 Å². The zero-order valence-electron chi connectivity index (χ0n) is 13.2. The van der Waals surface area contributed by atoms with Gasteiger partial charge in [0.2, 0.25) is 0 Å². The van der Waals surface area contributed by atoms with Crippen molar-refractivity contribution in [3.8, 4) is 0 Å². The van der Waals surface area contributed by atoms with E-state index < -0.39 is 0 Å². The third-order valence-electron chi connectivity index (χ3n) is 4.91. The largest absolute Gasteiger partial charge is 0.310 e. The molecular formula is C16H32N2. The van der Waals surface area contributed by atoms with Gasteiger partial charge in [-0.15, -0.1) is 0 Å². The Kier molecular flexibility index (Phi) is 3.81. The van der Waals surface area contributed by atoms with E-state index in [0.29, 0.717) is 22.9 Å². The number of likely N-dealkylation sites (N-methyl/N-ethyl adjacent to an activating group) is 1. The Morgan fingerprint density at radius 2 is 1.56 bits per heavy atom. The Balaban J connectivity index is 1.93. The molecule has 0 radical (unpaired) electrons. The zero-order chi connectivity index (χ0) is 13.6. The summed E-state index contributed by atoms with van der Waals surface area (Å²) in [4.78, 5) is 2.48. The minimum absolute atomic E-state index is 0.496. The van der Waals surface area contributed by atoms with Crippen LogP contribution in [0, 0.1) is 10.8 Å². The summed E-state index contributed by atoms with van der Waals surface area (Å²) in [6, 6.07) is 2.17. The monoisotopic (exact) mass is 252 g/mol. The van der Waals surface area contributed by atoms with Gasteiger partial charge in [-0.2, -0.15) is 0 Å². The maximum atomic E-state index is 3.95. The topological polar surface area (TPSA) is 15.3 Å². The lowest BCUT2D eigenvalue weighted by molar-refractivity contribution is 0.0807. The summed E-state index contributed by atoms with van der Waals surface area (Å²) in [6.45, 7) is 13.3. The van der Waals surface area contributed by atoms with Crippen LogP contribution >= 0.6 is 0 Å². The van der Waals surface area contributed by atoms with Crippen LogP contribution in [0.15, 0.2) is 0 Å². The predicted molar refractivity (Wildman–Crippen MR) is 78.8 cm³/mol. The second kappa shape index (κ2) is 4.79. The van der Waals surface area contributed by atoms with Crippen molar-refractivity contribution in [3.63, 3.8) is 0 Å². The van der Waals surface area contributed by atoms with E-state index in [1.165, 1.54) is 32.2 Å². The van der Waals surface area contributed by atoms with Crippen molar-refractivity contribution in [1.82, 2.24) is 10.2 Å². The number of hydrogen-bond donors (Lipinski definition) is 1. The molecule has 1 saturated heterocycles. The van der Waals surface area contributed by atoms with E-state index in [0.717, 1.165) is 6.04 Å². The summed E-state index contributed by atoms with van der Waals surface area (Å²) in [5.74, 6) is 0. The van der Waals surface area contributed by atoms with Crippen LogP contribution in [-0.4, -0.2) is 36.6 Å². The summed E-state index contributed by atoms with van der Waals surface area (Å²) in [6.07, 6.45) is 5.35. The molecule has 0 bridgehead atoms. The van der Waals surface area contributed by atoms with Crippen LogP contribution in [0.2, 0.25) is 0 Å². The second-order valence-electron chi connectivity index (χ2n) is 8.50. The molecule has 1 N–H and O–H groups in total. The number of rotatable bonds is 2. The Hall–Kier alpha value is -0.0800. The molecule has 1 heterocycles. The van der Waals surface area contributed by atoms with Crippen molar-refractivity contribution in [2.75, 3.05) is 13.6 Å². The molecule has 2 heteroatoms. The zero-order valence-corrected chi connectivity index (χ0v) is 13.2. The van der Waals surface area contributed by atoms with E-state index in [-0.39, 0.29) is 0 Å². The van der Waals surface area contributed by atoms with Crippen LogP contribution in [0.5, 0.6) is 0 Å². The first-order chi connectivity index (χ1) is 8.17. The van der Waals surface area contributed by atoms with Crippen molar-refractivity contribution in [2.24, 2.45) is 10.8 Å². The lowest BCUT2D eigenvalue weighted by atomic mass is 9.63. The summed E-state index contributed by atoms with van der Waals surface area (Å²) in [5, 5.41) is 3.95. The average Bonchev–Trinajstić information content (AvgIpc) is 2.39. The molecule has 2 rings (SSSR count). The summed E-state index contributed by atoms with van der Waals surface area (Å²) < 4.78 is 0. The minimum Gasteiger partial charge on any atom is -0.310 e. The number of nitrogens with one attached hydrogen (secondary N) is 1. The molecule has 0 amide bonds. The fourth-order valence-electron chi connectivity index (χ4n) is 4.61. The number of hydrogen-bond acceptors (Lipinski definition) is 2. The third-order valence-corrected chi connectivity index (χ3v) is 4.91. The first-order valence-electron chi connectivity index (χ1n) is 7.63. The third kappa shape index (κ3) is 3.48. The first kappa shape index (κ1) is 14.3. The van der Waals surface area contributed by atoms with Crippen molar-refractivity contribution in [2.45, 2.75) is 78.4 Å². The van der Waals surface area contributed by atoms with Gasteiger partial charge in [-0.1, -0.05) is 27.7 Å². The van der Waals surface area contributed by atoms with Gasteiger partial charge in [0.25, 0.3) is 0 Å². The quantitative estimate of drug-likeness (QED) is 0.811. The number of likely N-dealkylation sites (tertiary alicyclic amines) is 1. The van der Waals surface area contributed by atoms with Gasteiger partial charge < -0.3 is 10.2 Å². The molecule has 18 heavy (non-hydrogen) atoms. The highest BCUT2D eigenvalue weighted by Crippen LogP contribution is 2.45. The summed E-state index contributed by atoms with van der Waals surface area (Å²) >= 11 is 0. The van der Waals surface area contributed by atoms with Crippen molar-refractivity contribution >= 4 is 0 Å². The highest BCUT2D eigenvalue weighted by Gasteiger charge is 2.39. The SMILES string of the molecule is CC1CC(NC2CC(C)(C)CC(C)(C)C2)CN1C. The lowest BCUT2D eigenvalue weighted by Crippen LogP contribution is -2.48. The van der Waals surface area contributed by atoms with Gasteiger partial charge in [0.15, 0.2) is 0 Å². The molecule has 106 valence electrons. The van der Waals surface area contributed by atoms with E-state index in [2.05, 4.69) is 51.9 Å². The normalized spacial score (nSPS) is 37.0. The molecule has 0 spiro atoms. The van der Waals surface area contributed by atoms with Gasteiger partial charge in [0.05, 0.1) is 0 Å². The highest BCUT2D eigenvalue weighted by atomic mass is 15.2. The lowest BCUT2D eigenvalue weighted by Gasteiger charge is -2.46. The molecular weight excluding hydrogens is 220 g/mol. The van der Waals surface area contributed by atoms with Crippen LogP contribution in [0.25, 0.3) is 0 Å². The summed E-state index contributed by atoms with van der Waals surface area (Å²) in [5.41, 5.74) is 0.991. The van der Waals surface area contributed by atoms with Gasteiger partial charge in [-0.05, 0) is 50.5 Å². The molecule has 0 aromatic heterocycles.